The average molecular weight is 789 g/mol. The predicted octanol–water partition coefficient (Wildman–Crippen LogP) is 11.7. The molecule has 0 rings (SSSR count). The highest BCUT2D eigenvalue weighted by Gasteiger charge is 2.29. The lowest BCUT2D eigenvalue weighted by Gasteiger charge is -2.22. The van der Waals surface area contributed by atoms with Crippen LogP contribution in [0.1, 0.15) is 194 Å². The highest BCUT2D eigenvalue weighted by molar-refractivity contribution is 7.48. The van der Waals surface area contributed by atoms with Crippen LogP contribution in [-0.2, 0) is 37.2 Å². The smallest absolute Gasteiger partial charge is 0.462 e. The van der Waals surface area contributed by atoms with E-state index < -0.39 is 51.8 Å². The van der Waals surface area contributed by atoms with Crippen LogP contribution in [0.4, 0.5) is 0 Å². The van der Waals surface area contributed by atoms with E-state index in [9.17, 15) is 19.3 Å². The number of unbranched alkanes of at least 4 members (excludes halogenated alkanes) is 22. The van der Waals surface area contributed by atoms with Gasteiger partial charge in [0.15, 0.2) is 6.10 Å². The summed E-state index contributed by atoms with van der Waals surface area (Å²) in [5.41, 5.74) is 0. The van der Waals surface area contributed by atoms with Crippen LogP contribution >= 0.6 is 7.82 Å². The molecule has 0 radical (unpaired) electrons. The van der Waals surface area contributed by atoms with Crippen LogP contribution in [0.3, 0.4) is 0 Å². The van der Waals surface area contributed by atoms with Crippen molar-refractivity contribution in [2.75, 3.05) is 33.5 Å². The van der Waals surface area contributed by atoms with Gasteiger partial charge in [-0.1, -0.05) is 141 Å². The molecule has 0 spiro atoms. The van der Waals surface area contributed by atoms with E-state index in [1.54, 1.807) is 0 Å². The molecule has 0 bridgehead atoms. The van der Waals surface area contributed by atoms with Gasteiger partial charge in [0.25, 0.3) is 0 Å². The standard InChI is InChI=1S/C43H81O10P/c1-4-6-8-10-12-14-16-18-20-22-24-26-28-30-32-34-42(46)50-38-41(39-52-54(48,49-3)51-37-40(45)36-44)53-43(47)35-33-31-29-27-25-23-21-19-17-15-13-11-9-7-5-2/h18-21,40-41,44-45H,4-17,22-39H2,1-3H3. The molecule has 0 aliphatic rings. The third-order valence-electron chi connectivity index (χ3n) is 9.29. The lowest BCUT2D eigenvalue weighted by atomic mass is 10.1. The second kappa shape index (κ2) is 39.7. The SMILES string of the molecule is CCCCCCCCC=CCCCCCCCC(=O)OCC(COP(=O)(OC)OCC(O)CO)OC(=O)CCCCCCCC=CCCCCCCCC. The Balaban J connectivity index is 4.42. The summed E-state index contributed by atoms with van der Waals surface area (Å²) in [7, 11) is -3.00. The molecule has 10 nitrogen and oxygen atoms in total. The number of aliphatic hydroxyl groups excluding tert-OH is 2. The van der Waals surface area contributed by atoms with Gasteiger partial charge in [-0.05, 0) is 64.2 Å². The Hall–Kier alpha value is -1.55. The molecule has 0 fully saturated rings. The van der Waals surface area contributed by atoms with Gasteiger partial charge in [0.2, 0.25) is 0 Å². The quantitative estimate of drug-likeness (QED) is 0.0266. The molecule has 3 atom stereocenters. The van der Waals surface area contributed by atoms with Gasteiger partial charge < -0.3 is 19.7 Å². The van der Waals surface area contributed by atoms with Crippen molar-refractivity contribution >= 4 is 19.8 Å². The summed E-state index contributed by atoms with van der Waals surface area (Å²) < 4.78 is 39.0. The summed E-state index contributed by atoms with van der Waals surface area (Å²) in [6.45, 7) is 2.76. The molecule has 0 amide bonds. The van der Waals surface area contributed by atoms with Crippen molar-refractivity contribution in [1.82, 2.24) is 0 Å². The number of rotatable bonds is 41. The fourth-order valence-electron chi connectivity index (χ4n) is 5.85. The van der Waals surface area contributed by atoms with Crippen LogP contribution in [0, 0.1) is 0 Å². The van der Waals surface area contributed by atoms with Crippen LogP contribution in [0.2, 0.25) is 0 Å². The van der Waals surface area contributed by atoms with Crippen LogP contribution in [-0.4, -0.2) is 67.9 Å². The first kappa shape index (κ1) is 52.5. The highest BCUT2D eigenvalue weighted by atomic mass is 31.2. The molecule has 0 aliphatic carbocycles. The van der Waals surface area contributed by atoms with Gasteiger partial charge in [-0.3, -0.25) is 23.2 Å². The number of phosphoric acid groups is 1. The highest BCUT2D eigenvalue weighted by Crippen LogP contribution is 2.48. The largest absolute Gasteiger partial charge is 0.474 e. The third kappa shape index (κ3) is 36.1. The lowest BCUT2D eigenvalue weighted by molar-refractivity contribution is -0.161. The molecular weight excluding hydrogens is 707 g/mol. The van der Waals surface area contributed by atoms with E-state index in [-0.39, 0.29) is 19.4 Å². The summed E-state index contributed by atoms with van der Waals surface area (Å²) in [6.07, 6.45) is 37.6. The van der Waals surface area contributed by atoms with E-state index >= 15 is 0 Å². The summed E-state index contributed by atoms with van der Waals surface area (Å²) in [5.74, 6) is -0.860. The molecule has 0 aromatic carbocycles. The second-order valence-corrected chi connectivity index (χ2v) is 16.3. The van der Waals surface area contributed by atoms with E-state index in [0.717, 1.165) is 71.3 Å². The van der Waals surface area contributed by atoms with Crippen molar-refractivity contribution in [3.63, 3.8) is 0 Å². The molecule has 0 saturated carbocycles. The number of phosphoric ester groups is 1. The molecule has 0 aliphatic heterocycles. The van der Waals surface area contributed by atoms with E-state index in [0.29, 0.717) is 12.8 Å². The molecule has 0 aromatic rings. The van der Waals surface area contributed by atoms with Gasteiger partial charge in [-0.2, -0.15) is 0 Å². The van der Waals surface area contributed by atoms with Crippen molar-refractivity contribution in [1.29, 1.82) is 0 Å². The van der Waals surface area contributed by atoms with Crippen LogP contribution < -0.4 is 0 Å². The van der Waals surface area contributed by atoms with Gasteiger partial charge in [-0.25, -0.2) is 4.57 Å². The van der Waals surface area contributed by atoms with Crippen LogP contribution in [0.25, 0.3) is 0 Å². The van der Waals surface area contributed by atoms with Gasteiger partial charge in [0, 0.05) is 20.0 Å². The monoisotopic (exact) mass is 789 g/mol. The van der Waals surface area contributed by atoms with E-state index in [4.69, 9.17) is 28.2 Å². The van der Waals surface area contributed by atoms with E-state index in [2.05, 4.69) is 38.2 Å². The molecule has 0 aromatic heterocycles. The molecule has 0 saturated heterocycles. The Morgan fingerprint density at radius 2 is 0.944 bits per heavy atom. The number of ether oxygens (including phenoxy) is 2. The van der Waals surface area contributed by atoms with Gasteiger partial charge in [-0.15, -0.1) is 0 Å². The van der Waals surface area contributed by atoms with Crippen LogP contribution in [0.15, 0.2) is 24.3 Å². The summed E-state index contributed by atoms with van der Waals surface area (Å²) in [5, 5.41) is 18.6. The number of allylic oxidation sites excluding steroid dienone is 4. The minimum Gasteiger partial charge on any atom is -0.462 e. The maximum atomic E-state index is 12.8. The Morgan fingerprint density at radius 1 is 0.556 bits per heavy atom. The summed E-state index contributed by atoms with van der Waals surface area (Å²) in [6, 6.07) is 0. The normalized spacial score (nSPS) is 14.1. The molecule has 54 heavy (non-hydrogen) atoms. The van der Waals surface area contributed by atoms with E-state index in [1.807, 2.05) is 0 Å². The molecule has 2 N–H and O–H groups in total. The summed E-state index contributed by atoms with van der Waals surface area (Å²) >= 11 is 0. The zero-order valence-electron chi connectivity index (χ0n) is 34.7. The molecule has 0 heterocycles. The molecular formula is C43H81O10P. The number of carbonyl (C=O) groups excluding carboxylic acids is 2. The number of esters is 2. The first-order valence-electron chi connectivity index (χ1n) is 21.7. The number of carbonyl (C=O) groups is 2. The minimum absolute atomic E-state index is 0.207. The Morgan fingerprint density at radius 3 is 1.37 bits per heavy atom. The number of hydrogen-bond donors (Lipinski definition) is 2. The Bertz CT molecular complexity index is 957. The van der Waals surface area contributed by atoms with Gasteiger partial charge >= 0.3 is 19.8 Å². The number of hydrogen-bond acceptors (Lipinski definition) is 10. The maximum Gasteiger partial charge on any atom is 0.474 e. The first-order valence-corrected chi connectivity index (χ1v) is 23.1. The van der Waals surface area contributed by atoms with Gasteiger partial charge in [0.1, 0.15) is 12.7 Å². The topological polar surface area (TPSA) is 138 Å². The Kier molecular flexibility index (Phi) is 38.5. The van der Waals surface area contributed by atoms with Crippen molar-refractivity contribution in [3.8, 4) is 0 Å². The average Bonchev–Trinajstić information content (AvgIpc) is 3.17. The molecule has 3 unspecified atom stereocenters. The number of aliphatic hydroxyl groups is 2. The fraction of sp³-hybridized carbons (Fsp3) is 0.860. The predicted molar refractivity (Wildman–Crippen MR) is 219 cm³/mol. The molecule has 318 valence electrons. The lowest BCUT2D eigenvalue weighted by Crippen LogP contribution is -2.30. The van der Waals surface area contributed by atoms with Gasteiger partial charge in [0.05, 0.1) is 19.8 Å². The Labute approximate surface area is 330 Å². The minimum atomic E-state index is -4.12. The second-order valence-electron chi connectivity index (χ2n) is 14.5. The van der Waals surface area contributed by atoms with Crippen molar-refractivity contribution in [2.45, 2.75) is 206 Å². The maximum absolute atomic E-state index is 12.8. The van der Waals surface area contributed by atoms with Crippen molar-refractivity contribution in [3.05, 3.63) is 24.3 Å². The van der Waals surface area contributed by atoms with Crippen molar-refractivity contribution < 1.29 is 47.4 Å². The van der Waals surface area contributed by atoms with Crippen LogP contribution in [0.5, 0.6) is 0 Å². The van der Waals surface area contributed by atoms with Crippen molar-refractivity contribution in [2.24, 2.45) is 0 Å². The fourth-order valence-corrected chi connectivity index (χ4v) is 6.84. The summed E-state index contributed by atoms with van der Waals surface area (Å²) in [4.78, 5) is 25.2. The molecule has 11 heteroatoms. The van der Waals surface area contributed by atoms with E-state index in [1.165, 1.54) is 89.9 Å². The zero-order chi connectivity index (χ0) is 39.8. The third-order valence-corrected chi connectivity index (χ3v) is 10.7. The first-order chi connectivity index (χ1) is 26.3. The zero-order valence-corrected chi connectivity index (χ0v) is 35.6.